The highest BCUT2D eigenvalue weighted by atomic mass is 16.5. The molecule has 0 radical (unpaired) electrons. The van der Waals surface area contributed by atoms with Crippen LogP contribution in [-0.2, 0) is 6.54 Å². The highest BCUT2D eigenvalue weighted by Crippen LogP contribution is 2.21. The SMILES string of the molecule is CCNC(=NCc1c(C)noc1C)N1CC(C)CC(C)C1. The molecule has 1 aromatic rings. The molecule has 118 valence electrons. The minimum absolute atomic E-state index is 0.628. The van der Waals surface area contributed by atoms with Gasteiger partial charge in [0.25, 0.3) is 0 Å². The molecule has 1 fully saturated rings. The quantitative estimate of drug-likeness (QED) is 0.687. The van der Waals surface area contributed by atoms with Gasteiger partial charge in [0, 0.05) is 25.2 Å². The van der Waals surface area contributed by atoms with Gasteiger partial charge in [-0.3, -0.25) is 0 Å². The second kappa shape index (κ2) is 6.96. The van der Waals surface area contributed by atoms with Crippen molar-refractivity contribution in [3.8, 4) is 0 Å². The van der Waals surface area contributed by atoms with Crippen LogP contribution in [0.15, 0.2) is 9.52 Å². The number of rotatable bonds is 3. The van der Waals surface area contributed by atoms with Crippen LogP contribution in [0, 0.1) is 25.7 Å². The van der Waals surface area contributed by atoms with E-state index < -0.39 is 0 Å². The molecule has 21 heavy (non-hydrogen) atoms. The van der Waals surface area contributed by atoms with E-state index in [4.69, 9.17) is 9.52 Å². The van der Waals surface area contributed by atoms with E-state index in [1.807, 2.05) is 13.8 Å². The molecule has 1 aliphatic heterocycles. The van der Waals surface area contributed by atoms with Gasteiger partial charge in [0.15, 0.2) is 5.96 Å². The molecule has 1 aliphatic rings. The van der Waals surface area contributed by atoms with Crippen LogP contribution in [0.2, 0.25) is 0 Å². The fourth-order valence-corrected chi connectivity index (χ4v) is 3.14. The van der Waals surface area contributed by atoms with Crippen LogP contribution >= 0.6 is 0 Å². The molecule has 0 amide bonds. The Morgan fingerprint density at radius 1 is 1.33 bits per heavy atom. The first-order valence-corrected chi connectivity index (χ1v) is 7.96. The van der Waals surface area contributed by atoms with Crippen molar-refractivity contribution in [2.75, 3.05) is 19.6 Å². The topological polar surface area (TPSA) is 53.7 Å². The van der Waals surface area contributed by atoms with Crippen LogP contribution in [0.3, 0.4) is 0 Å². The number of piperidine rings is 1. The molecule has 5 heteroatoms. The molecule has 5 nitrogen and oxygen atoms in total. The van der Waals surface area contributed by atoms with Gasteiger partial charge in [0.05, 0.1) is 12.2 Å². The summed E-state index contributed by atoms with van der Waals surface area (Å²) in [6, 6.07) is 0. The van der Waals surface area contributed by atoms with E-state index in [0.29, 0.717) is 6.54 Å². The Balaban J connectivity index is 2.12. The summed E-state index contributed by atoms with van der Waals surface area (Å²) >= 11 is 0. The molecule has 0 spiro atoms. The number of nitrogens with zero attached hydrogens (tertiary/aromatic N) is 3. The van der Waals surface area contributed by atoms with E-state index >= 15 is 0 Å². The minimum atomic E-state index is 0.628. The second-order valence-corrected chi connectivity index (χ2v) is 6.32. The normalized spacial score (nSPS) is 23.5. The molecule has 0 aliphatic carbocycles. The Labute approximate surface area is 127 Å². The summed E-state index contributed by atoms with van der Waals surface area (Å²) in [4.78, 5) is 7.19. The van der Waals surface area contributed by atoms with E-state index in [-0.39, 0.29) is 0 Å². The Kier molecular flexibility index (Phi) is 5.26. The summed E-state index contributed by atoms with van der Waals surface area (Å²) in [5, 5.41) is 7.42. The van der Waals surface area contributed by atoms with Crippen LogP contribution in [-0.4, -0.2) is 35.7 Å². The van der Waals surface area contributed by atoms with Gasteiger partial charge in [-0.15, -0.1) is 0 Å². The molecule has 1 saturated heterocycles. The monoisotopic (exact) mass is 292 g/mol. The number of aliphatic imine (C=N–C) groups is 1. The predicted octanol–water partition coefficient (Wildman–Crippen LogP) is 2.73. The first-order valence-electron chi connectivity index (χ1n) is 7.96. The summed E-state index contributed by atoms with van der Waals surface area (Å²) in [5.74, 6) is 3.32. The third-order valence-electron chi connectivity index (χ3n) is 4.07. The molecular formula is C16H28N4O. The van der Waals surface area contributed by atoms with E-state index in [1.54, 1.807) is 0 Å². The summed E-state index contributed by atoms with van der Waals surface area (Å²) in [6.45, 7) is 14.4. The van der Waals surface area contributed by atoms with Gasteiger partial charge < -0.3 is 14.7 Å². The van der Waals surface area contributed by atoms with Crippen molar-refractivity contribution in [2.24, 2.45) is 16.8 Å². The van der Waals surface area contributed by atoms with Gasteiger partial charge in [-0.1, -0.05) is 19.0 Å². The van der Waals surface area contributed by atoms with E-state index in [2.05, 4.69) is 36.1 Å². The Morgan fingerprint density at radius 2 is 2.00 bits per heavy atom. The predicted molar refractivity (Wildman–Crippen MR) is 85.3 cm³/mol. The standard InChI is InChI=1S/C16H28N4O/c1-6-17-16(20-9-11(2)7-12(3)10-20)18-8-15-13(4)19-21-14(15)5/h11-12H,6-10H2,1-5H3,(H,17,18). The molecule has 1 N–H and O–H groups in total. The van der Waals surface area contributed by atoms with Crippen LogP contribution < -0.4 is 5.32 Å². The minimum Gasteiger partial charge on any atom is -0.361 e. The molecular weight excluding hydrogens is 264 g/mol. The maximum Gasteiger partial charge on any atom is 0.194 e. The average Bonchev–Trinajstić information content (AvgIpc) is 2.73. The third kappa shape index (κ3) is 3.99. The fraction of sp³-hybridized carbons (Fsp3) is 0.750. The van der Waals surface area contributed by atoms with Gasteiger partial charge >= 0.3 is 0 Å². The molecule has 2 atom stereocenters. The van der Waals surface area contributed by atoms with Crippen LogP contribution in [0.4, 0.5) is 0 Å². The van der Waals surface area contributed by atoms with Crippen molar-refractivity contribution in [3.63, 3.8) is 0 Å². The van der Waals surface area contributed by atoms with Crippen LogP contribution in [0.1, 0.15) is 44.2 Å². The van der Waals surface area contributed by atoms with Crippen LogP contribution in [0.25, 0.3) is 0 Å². The largest absolute Gasteiger partial charge is 0.361 e. The van der Waals surface area contributed by atoms with Gasteiger partial charge in [0.1, 0.15) is 5.76 Å². The van der Waals surface area contributed by atoms with Crippen molar-refractivity contribution in [3.05, 3.63) is 17.0 Å². The zero-order valence-electron chi connectivity index (χ0n) is 13.9. The number of nitrogens with one attached hydrogen (secondary N) is 1. The average molecular weight is 292 g/mol. The molecule has 1 aromatic heterocycles. The Morgan fingerprint density at radius 3 is 2.52 bits per heavy atom. The van der Waals surface area contributed by atoms with Crippen molar-refractivity contribution >= 4 is 5.96 Å². The van der Waals surface area contributed by atoms with Crippen molar-refractivity contribution < 1.29 is 4.52 Å². The van der Waals surface area contributed by atoms with Crippen LogP contribution in [0.5, 0.6) is 0 Å². The summed E-state index contributed by atoms with van der Waals surface area (Å²) < 4.78 is 5.21. The number of aryl methyl sites for hydroxylation is 2. The third-order valence-corrected chi connectivity index (χ3v) is 4.07. The summed E-state index contributed by atoms with van der Waals surface area (Å²) in [5.41, 5.74) is 2.04. The summed E-state index contributed by atoms with van der Waals surface area (Å²) in [6.07, 6.45) is 1.31. The number of hydrogen-bond donors (Lipinski definition) is 1. The van der Waals surface area contributed by atoms with Gasteiger partial charge in [-0.25, -0.2) is 4.99 Å². The first-order chi connectivity index (χ1) is 10.0. The van der Waals surface area contributed by atoms with Gasteiger partial charge in [0.2, 0.25) is 0 Å². The number of aromatic nitrogens is 1. The lowest BCUT2D eigenvalue weighted by Gasteiger charge is -2.37. The maximum atomic E-state index is 5.21. The second-order valence-electron chi connectivity index (χ2n) is 6.32. The van der Waals surface area contributed by atoms with E-state index in [9.17, 15) is 0 Å². The molecule has 2 heterocycles. The number of hydrogen-bond acceptors (Lipinski definition) is 3. The lowest BCUT2D eigenvalue weighted by Crippen LogP contribution is -2.48. The highest BCUT2D eigenvalue weighted by molar-refractivity contribution is 5.80. The fourth-order valence-electron chi connectivity index (χ4n) is 3.14. The molecule has 0 bridgehead atoms. The molecule has 2 rings (SSSR count). The lowest BCUT2D eigenvalue weighted by atomic mass is 9.92. The molecule has 0 saturated carbocycles. The van der Waals surface area contributed by atoms with E-state index in [1.165, 1.54) is 6.42 Å². The number of likely N-dealkylation sites (tertiary alicyclic amines) is 1. The van der Waals surface area contributed by atoms with Crippen molar-refractivity contribution in [1.29, 1.82) is 0 Å². The zero-order chi connectivity index (χ0) is 15.4. The highest BCUT2D eigenvalue weighted by Gasteiger charge is 2.24. The lowest BCUT2D eigenvalue weighted by molar-refractivity contribution is 0.208. The molecule has 0 aromatic carbocycles. The summed E-state index contributed by atoms with van der Waals surface area (Å²) in [7, 11) is 0. The van der Waals surface area contributed by atoms with Gasteiger partial charge in [-0.05, 0) is 39.0 Å². The Bertz CT molecular complexity index is 465. The molecule has 2 unspecified atom stereocenters. The Hall–Kier alpha value is -1.52. The van der Waals surface area contributed by atoms with Crippen molar-refractivity contribution in [2.45, 2.75) is 47.6 Å². The first kappa shape index (κ1) is 15.9. The number of guanidine groups is 1. The van der Waals surface area contributed by atoms with Crippen molar-refractivity contribution in [1.82, 2.24) is 15.4 Å². The zero-order valence-corrected chi connectivity index (χ0v) is 13.9. The smallest absolute Gasteiger partial charge is 0.194 e. The van der Waals surface area contributed by atoms with Gasteiger partial charge in [-0.2, -0.15) is 0 Å². The van der Waals surface area contributed by atoms with E-state index in [0.717, 1.165) is 54.4 Å². The maximum absolute atomic E-state index is 5.21.